The minimum Gasteiger partial charge on any atom is -0.469 e. The number of ketones is 1. The van der Waals surface area contributed by atoms with Crippen LogP contribution in [0.4, 0.5) is 0 Å². The van der Waals surface area contributed by atoms with Crippen molar-refractivity contribution < 1.29 is 14.3 Å². The molecule has 0 amide bonds. The van der Waals surface area contributed by atoms with Crippen molar-refractivity contribution in [2.75, 3.05) is 7.11 Å². The van der Waals surface area contributed by atoms with E-state index in [2.05, 4.69) is 4.74 Å². The van der Waals surface area contributed by atoms with E-state index >= 15 is 0 Å². The van der Waals surface area contributed by atoms with Crippen molar-refractivity contribution in [3.05, 3.63) is 12.2 Å². The average Bonchev–Trinajstić information content (AvgIpc) is 2.10. The summed E-state index contributed by atoms with van der Waals surface area (Å²) in [5.41, 5.74) is 0. The van der Waals surface area contributed by atoms with E-state index in [1.807, 2.05) is 0 Å². The predicted octanol–water partition coefficient (Wildman–Crippen LogP) is 1.47. The minimum absolute atomic E-state index is 0.0608. The summed E-state index contributed by atoms with van der Waals surface area (Å²) in [6, 6.07) is 0. The Bertz CT molecular complexity index is 230. The maximum absolute atomic E-state index is 11.2. The molecule has 3 nitrogen and oxygen atoms in total. The first-order valence-corrected chi connectivity index (χ1v) is 4.51. The lowest BCUT2D eigenvalue weighted by Crippen LogP contribution is -2.17. The second-order valence-corrected chi connectivity index (χ2v) is 3.22. The number of carbonyl (C=O) groups is 2. The SMILES string of the molecule is COC(=O)C1C/C=C\C(=O)CCC1. The predicted molar refractivity (Wildman–Crippen MR) is 48.1 cm³/mol. The number of hydrogen-bond donors (Lipinski definition) is 0. The molecule has 0 radical (unpaired) electrons. The van der Waals surface area contributed by atoms with Gasteiger partial charge >= 0.3 is 5.97 Å². The molecule has 0 N–H and O–H groups in total. The Balaban J connectivity index is 2.54. The molecule has 0 spiro atoms. The molecule has 0 heterocycles. The molecular formula is C10H14O3. The summed E-state index contributed by atoms with van der Waals surface area (Å²) < 4.78 is 4.66. The number of allylic oxidation sites excluding steroid dienone is 2. The number of methoxy groups -OCH3 is 1. The second kappa shape index (κ2) is 4.80. The average molecular weight is 182 g/mol. The summed E-state index contributed by atoms with van der Waals surface area (Å²) in [7, 11) is 1.40. The van der Waals surface area contributed by atoms with Gasteiger partial charge in [-0.2, -0.15) is 0 Å². The summed E-state index contributed by atoms with van der Waals surface area (Å²) >= 11 is 0. The van der Waals surface area contributed by atoms with E-state index < -0.39 is 0 Å². The zero-order valence-corrected chi connectivity index (χ0v) is 7.79. The first-order chi connectivity index (χ1) is 6.24. The fraction of sp³-hybridized carbons (Fsp3) is 0.600. The third kappa shape index (κ3) is 3.01. The van der Waals surface area contributed by atoms with Crippen molar-refractivity contribution in [1.29, 1.82) is 0 Å². The van der Waals surface area contributed by atoms with Crippen LogP contribution in [0.25, 0.3) is 0 Å². The van der Waals surface area contributed by atoms with Gasteiger partial charge in [-0.05, 0) is 25.3 Å². The molecule has 3 heteroatoms. The first kappa shape index (κ1) is 9.96. The highest BCUT2D eigenvalue weighted by atomic mass is 16.5. The van der Waals surface area contributed by atoms with E-state index in [1.54, 1.807) is 12.2 Å². The van der Waals surface area contributed by atoms with Gasteiger partial charge in [-0.3, -0.25) is 9.59 Å². The highest BCUT2D eigenvalue weighted by molar-refractivity contribution is 5.89. The van der Waals surface area contributed by atoms with E-state index in [4.69, 9.17) is 0 Å². The number of rotatable bonds is 1. The van der Waals surface area contributed by atoms with E-state index in [0.717, 1.165) is 12.8 Å². The van der Waals surface area contributed by atoms with Gasteiger partial charge in [0.2, 0.25) is 0 Å². The zero-order chi connectivity index (χ0) is 9.68. The molecule has 1 unspecified atom stereocenters. The van der Waals surface area contributed by atoms with Gasteiger partial charge in [-0.25, -0.2) is 0 Å². The largest absolute Gasteiger partial charge is 0.469 e. The van der Waals surface area contributed by atoms with Crippen LogP contribution in [0, 0.1) is 5.92 Å². The normalized spacial score (nSPS) is 25.9. The van der Waals surface area contributed by atoms with Gasteiger partial charge in [0.05, 0.1) is 13.0 Å². The van der Waals surface area contributed by atoms with Gasteiger partial charge < -0.3 is 4.74 Å². The molecule has 72 valence electrons. The third-order valence-electron chi connectivity index (χ3n) is 2.23. The zero-order valence-electron chi connectivity index (χ0n) is 7.79. The fourth-order valence-corrected chi connectivity index (χ4v) is 1.47. The molecule has 1 aliphatic carbocycles. The molecule has 1 atom stereocenters. The van der Waals surface area contributed by atoms with Crippen LogP contribution >= 0.6 is 0 Å². The van der Waals surface area contributed by atoms with E-state index in [0.29, 0.717) is 12.8 Å². The van der Waals surface area contributed by atoms with Crippen molar-refractivity contribution in [3.63, 3.8) is 0 Å². The van der Waals surface area contributed by atoms with Crippen LogP contribution in [0.2, 0.25) is 0 Å². The van der Waals surface area contributed by atoms with Crippen LogP contribution < -0.4 is 0 Å². The van der Waals surface area contributed by atoms with Gasteiger partial charge in [0.15, 0.2) is 5.78 Å². The Labute approximate surface area is 77.8 Å². The van der Waals surface area contributed by atoms with E-state index in [9.17, 15) is 9.59 Å². The van der Waals surface area contributed by atoms with Gasteiger partial charge in [-0.1, -0.05) is 6.08 Å². The number of ether oxygens (including phenoxy) is 1. The Morgan fingerprint density at radius 3 is 3.08 bits per heavy atom. The Hall–Kier alpha value is -1.12. The van der Waals surface area contributed by atoms with Gasteiger partial charge in [0.1, 0.15) is 0 Å². The van der Waals surface area contributed by atoms with E-state index in [1.165, 1.54) is 7.11 Å². The number of carbonyl (C=O) groups excluding carboxylic acids is 2. The quantitative estimate of drug-likeness (QED) is 0.577. The van der Waals surface area contributed by atoms with Gasteiger partial charge in [-0.15, -0.1) is 0 Å². The van der Waals surface area contributed by atoms with Crippen molar-refractivity contribution in [2.45, 2.75) is 25.7 Å². The maximum Gasteiger partial charge on any atom is 0.308 e. The minimum atomic E-state index is -0.168. The highest BCUT2D eigenvalue weighted by Gasteiger charge is 2.18. The lowest BCUT2D eigenvalue weighted by Gasteiger charge is -2.13. The molecule has 0 saturated carbocycles. The molecule has 0 aromatic heterocycles. The van der Waals surface area contributed by atoms with Crippen LogP contribution in [-0.4, -0.2) is 18.9 Å². The van der Waals surface area contributed by atoms with E-state index in [-0.39, 0.29) is 17.7 Å². The van der Waals surface area contributed by atoms with Gasteiger partial charge in [0, 0.05) is 6.42 Å². The summed E-state index contributed by atoms with van der Waals surface area (Å²) in [5, 5.41) is 0. The first-order valence-electron chi connectivity index (χ1n) is 4.51. The Kier molecular flexibility index (Phi) is 3.68. The van der Waals surface area contributed by atoms with Crippen molar-refractivity contribution in [3.8, 4) is 0 Å². The molecule has 1 rings (SSSR count). The molecule has 0 aliphatic heterocycles. The van der Waals surface area contributed by atoms with Crippen molar-refractivity contribution >= 4 is 11.8 Å². The third-order valence-corrected chi connectivity index (χ3v) is 2.23. The van der Waals surface area contributed by atoms with Crippen LogP contribution in [0.1, 0.15) is 25.7 Å². The highest BCUT2D eigenvalue weighted by Crippen LogP contribution is 2.17. The van der Waals surface area contributed by atoms with Crippen molar-refractivity contribution in [1.82, 2.24) is 0 Å². The summed E-state index contributed by atoms with van der Waals surface area (Å²) in [6.45, 7) is 0. The summed E-state index contributed by atoms with van der Waals surface area (Å²) in [4.78, 5) is 22.2. The Morgan fingerprint density at radius 1 is 1.62 bits per heavy atom. The lowest BCUT2D eigenvalue weighted by molar-refractivity contribution is -0.145. The van der Waals surface area contributed by atoms with Crippen molar-refractivity contribution in [2.24, 2.45) is 5.92 Å². The molecule has 1 aliphatic rings. The van der Waals surface area contributed by atoms with Gasteiger partial charge in [0.25, 0.3) is 0 Å². The maximum atomic E-state index is 11.2. The molecule has 13 heavy (non-hydrogen) atoms. The summed E-state index contributed by atoms with van der Waals surface area (Å²) in [6.07, 6.45) is 6.03. The topological polar surface area (TPSA) is 43.4 Å². The molecule has 0 aromatic carbocycles. The number of hydrogen-bond acceptors (Lipinski definition) is 3. The molecule has 0 saturated heterocycles. The second-order valence-electron chi connectivity index (χ2n) is 3.22. The molecular weight excluding hydrogens is 168 g/mol. The molecule has 0 fully saturated rings. The molecule has 0 aromatic rings. The van der Waals surface area contributed by atoms with Crippen LogP contribution in [0.5, 0.6) is 0 Å². The van der Waals surface area contributed by atoms with Crippen LogP contribution in [-0.2, 0) is 14.3 Å². The summed E-state index contributed by atoms with van der Waals surface area (Å²) in [5.74, 6) is -0.0725. The van der Waals surface area contributed by atoms with Crippen LogP contribution in [0.3, 0.4) is 0 Å². The Morgan fingerprint density at radius 2 is 2.38 bits per heavy atom. The number of esters is 1. The standard InChI is InChI=1S/C10H14O3/c1-13-10(12)8-4-2-6-9(11)7-3-5-8/h2,6,8H,3-5,7H2,1H3/b6-2-. The smallest absolute Gasteiger partial charge is 0.308 e. The molecule has 0 bridgehead atoms. The van der Waals surface area contributed by atoms with Crippen LogP contribution in [0.15, 0.2) is 12.2 Å². The lowest BCUT2D eigenvalue weighted by atomic mass is 9.95. The fourth-order valence-electron chi connectivity index (χ4n) is 1.47. The monoisotopic (exact) mass is 182 g/mol.